The normalized spacial score (nSPS) is 9.53. The summed E-state index contributed by atoms with van der Waals surface area (Å²) >= 11 is 6.64. The molecule has 0 saturated heterocycles. The Morgan fingerprint density at radius 2 is 1.65 bits per heavy atom. The van der Waals surface area contributed by atoms with Crippen molar-refractivity contribution in [1.29, 1.82) is 11.1 Å². The van der Waals surface area contributed by atoms with Crippen molar-refractivity contribution >= 4 is 51.9 Å². The average molecular weight is 800 g/mol. The zero-order valence-corrected chi connectivity index (χ0v) is 30.7. The van der Waals surface area contributed by atoms with Crippen LogP contribution in [-0.2, 0) is 26.1 Å². The maximum Gasteiger partial charge on any atom is 1.00 e. The number of carboxylic acid groups (broad SMARTS) is 1. The Morgan fingerprint density at radius 3 is 2.24 bits per heavy atom. The van der Waals surface area contributed by atoms with Crippen molar-refractivity contribution in [3.05, 3.63) is 67.2 Å². The summed E-state index contributed by atoms with van der Waals surface area (Å²) in [5, 5.41) is 20.7. The molecule has 0 unspecified atom stereocenters. The maximum absolute atomic E-state index is 12.2. The van der Waals surface area contributed by atoms with Gasteiger partial charge in [-0.05, 0) is 0 Å². The number of carboxylic acids is 1. The summed E-state index contributed by atoms with van der Waals surface area (Å²) < 4.78 is 7.55. The summed E-state index contributed by atoms with van der Waals surface area (Å²) in [6.07, 6.45) is 0. The number of halogens is 2. The first-order valence-corrected chi connectivity index (χ1v) is 12.8. The molecule has 6 N–H and O–H groups in total. The van der Waals surface area contributed by atoms with Gasteiger partial charge in [-0.3, -0.25) is 0 Å². The van der Waals surface area contributed by atoms with Crippen LogP contribution >= 0.6 is 31.9 Å². The van der Waals surface area contributed by atoms with Crippen molar-refractivity contribution in [3.63, 3.8) is 0 Å². The summed E-state index contributed by atoms with van der Waals surface area (Å²) in [6.45, 7) is 0. The molecule has 9 nitrogen and oxygen atoms in total. The fourth-order valence-electron chi connectivity index (χ4n) is 3.22. The molecule has 2 aromatic rings. The minimum Gasteiger partial charge on any atom is -1.00 e. The molecular weight excluding hydrogens is 785 g/mol. The maximum atomic E-state index is 12.2. The van der Waals surface area contributed by atoms with Crippen molar-refractivity contribution in [3.8, 4) is 28.2 Å². The quantitative estimate of drug-likeness (QED) is 0.0807. The van der Waals surface area contributed by atoms with Crippen LogP contribution in [-0.4, -0.2) is 21.7 Å². The number of nitrogens with one attached hydrogen (secondary N) is 2. The molecule has 1 aliphatic heterocycles. The Hall–Kier alpha value is -0.435. The van der Waals surface area contributed by atoms with Crippen LogP contribution in [0.5, 0.6) is 5.75 Å². The number of rotatable bonds is 2. The summed E-state index contributed by atoms with van der Waals surface area (Å²) in [6, 6.07) is 11.4. The average Bonchev–Trinajstić information content (AvgIpc) is 2.73. The Balaban J connectivity index is -0.00000130. The van der Waals surface area contributed by atoms with E-state index in [-0.39, 0.29) is 110 Å². The molecule has 4 rings (SSSR count). The van der Waals surface area contributed by atoms with Gasteiger partial charge in [0.2, 0.25) is 4.91 Å². The van der Waals surface area contributed by atoms with Crippen LogP contribution in [0.3, 0.4) is 0 Å². The minimum atomic E-state index is -1.05. The second-order valence-corrected chi connectivity index (χ2v) is 10.7. The first kappa shape index (κ1) is 33.6. The van der Waals surface area contributed by atoms with Crippen molar-refractivity contribution in [2.75, 3.05) is 0 Å². The molecule has 0 saturated carbocycles. The van der Waals surface area contributed by atoms with E-state index >= 15 is 0 Å². The predicted octanol–water partition coefficient (Wildman–Crippen LogP) is -1.81. The van der Waals surface area contributed by atoms with Crippen molar-refractivity contribution in [1.82, 2.24) is 4.91 Å². The number of fused-ring (bicyclic) bond motifs is 2. The number of phenols is 1. The Labute approximate surface area is 272 Å². The van der Waals surface area contributed by atoms with Gasteiger partial charge in [0.1, 0.15) is 11.1 Å². The van der Waals surface area contributed by atoms with Crippen molar-refractivity contribution < 1.29 is 113 Å². The molecule has 0 atom stereocenters. The Bertz CT molecular complexity index is 1440. The number of nitrogens with zero attached hydrogens (tertiary/aromatic N) is 1. The van der Waals surface area contributed by atoms with E-state index in [9.17, 15) is 19.8 Å². The second kappa shape index (κ2) is 14.3. The zero-order chi connectivity index (χ0) is 22.9. The number of carbonyl (C=O) groups is 1. The van der Waals surface area contributed by atoms with E-state index < -0.39 is 5.97 Å². The molecule has 0 fully saturated rings. The molecule has 2 aliphatic rings. The number of hydrogen-bond donors (Lipinski definition) is 4. The third kappa shape index (κ3) is 6.66. The SMILES string of the molecule is N=[N+]=N.O.O=C(O)c1ccccc1-c1c2cc(Br)c(=O)cc-2oc2[c]([Hg])c(O)c(Br)cc12.[H-].[H-].[Na+].[Na+]. The van der Waals surface area contributed by atoms with E-state index in [4.69, 9.17) is 15.5 Å². The topological polar surface area (TPSA) is 181 Å². The van der Waals surface area contributed by atoms with Gasteiger partial charge < -0.3 is 8.33 Å². The Kier molecular flexibility index (Phi) is 14.2. The molecule has 2 aromatic carbocycles. The number of phenolic OH excluding ortho intramolecular Hbond substituents is 1. The van der Waals surface area contributed by atoms with Crippen LogP contribution in [0.4, 0.5) is 0 Å². The number of hydrogen-bond acceptors (Lipinski definition) is 6. The molecule has 0 bridgehead atoms. The molecule has 163 valence electrons. The summed E-state index contributed by atoms with van der Waals surface area (Å²) in [7, 11) is 0. The number of aromatic hydroxyl groups is 1. The molecular formula is C20H15Br2HgN3Na2O6+. The van der Waals surface area contributed by atoms with Gasteiger partial charge in [0.15, 0.2) is 0 Å². The van der Waals surface area contributed by atoms with E-state index in [2.05, 4.69) is 31.9 Å². The van der Waals surface area contributed by atoms with Gasteiger partial charge in [0.25, 0.3) is 0 Å². The van der Waals surface area contributed by atoms with Crippen LogP contribution in [0.15, 0.2) is 60.6 Å². The van der Waals surface area contributed by atoms with Crippen LogP contribution in [0, 0.1) is 11.1 Å². The van der Waals surface area contributed by atoms with Crippen LogP contribution in [0.1, 0.15) is 13.2 Å². The summed E-state index contributed by atoms with van der Waals surface area (Å²) in [5.74, 6) is -0.606. The van der Waals surface area contributed by atoms with Crippen LogP contribution in [0.25, 0.3) is 33.4 Å². The van der Waals surface area contributed by atoms with Gasteiger partial charge in [-0.25, -0.2) is 0 Å². The van der Waals surface area contributed by atoms with Crippen molar-refractivity contribution in [2.45, 2.75) is 0 Å². The number of benzene rings is 3. The third-order valence-electron chi connectivity index (χ3n) is 4.51. The van der Waals surface area contributed by atoms with Gasteiger partial charge in [0.05, 0.1) is 0 Å². The molecule has 0 aromatic heterocycles. The van der Waals surface area contributed by atoms with Gasteiger partial charge >= 0.3 is 252 Å². The van der Waals surface area contributed by atoms with Gasteiger partial charge in [-0.15, -0.1) is 0 Å². The molecule has 34 heavy (non-hydrogen) atoms. The van der Waals surface area contributed by atoms with E-state index in [0.29, 0.717) is 45.4 Å². The number of aromatic carboxylic acids is 1. The van der Waals surface area contributed by atoms with Gasteiger partial charge in [-0.1, -0.05) is 0 Å². The fourth-order valence-corrected chi connectivity index (χ4v) is 6.80. The van der Waals surface area contributed by atoms with Gasteiger partial charge in [-0.2, -0.15) is 0 Å². The monoisotopic (exact) mass is 799 g/mol. The van der Waals surface area contributed by atoms with E-state index in [1.165, 1.54) is 12.1 Å². The molecule has 1 heterocycles. The second-order valence-electron chi connectivity index (χ2n) is 6.28. The zero-order valence-electron chi connectivity index (χ0n) is 20.1. The van der Waals surface area contributed by atoms with Crippen LogP contribution in [0.2, 0.25) is 0 Å². The third-order valence-corrected chi connectivity index (χ3v) is 8.29. The van der Waals surface area contributed by atoms with E-state index in [1.807, 2.05) is 4.91 Å². The summed E-state index contributed by atoms with van der Waals surface area (Å²) in [4.78, 5) is 26.0. The Morgan fingerprint density at radius 1 is 1.06 bits per heavy atom. The van der Waals surface area contributed by atoms with E-state index in [1.54, 1.807) is 30.3 Å². The first-order valence-electron chi connectivity index (χ1n) is 8.50. The van der Waals surface area contributed by atoms with Crippen molar-refractivity contribution in [2.24, 2.45) is 0 Å². The molecule has 0 radical (unpaired) electrons. The fraction of sp³-hybridized carbons (Fsp3) is 0. The molecule has 0 spiro atoms. The standard InChI is InChI=1S/C20H9Br2O5.Hg.H2N3.2Na.H2O.2H/c21-13-5-11-17(7-15(13)23)27-18-8-16(24)14(22)6-12(18)19(11)9-3-1-2-4-10(9)20(25)26;;1-3-2;;;;;/h1-7,24H,(H,25,26);;1-2H;;;1H2;;/q;;3*+1;;2*-1. The van der Waals surface area contributed by atoms with Gasteiger partial charge in [0, 0.05) is 0 Å². The predicted molar refractivity (Wildman–Crippen MR) is 122 cm³/mol. The molecule has 14 heteroatoms. The smallest absolute Gasteiger partial charge is 1.00 e. The molecule has 0 amide bonds. The van der Waals surface area contributed by atoms with Crippen LogP contribution < -0.4 is 72.5 Å². The summed E-state index contributed by atoms with van der Waals surface area (Å²) in [5.41, 5.74) is 13.1. The largest absolute Gasteiger partial charge is 1.00 e. The minimum absolute atomic E-state index is 0. The van der Waals surface area contributed by atoms with E-state index in [0.717, 1.165) is 0 Å². The molecule has 1 aliphatic carbocycles. The first-order chi connectivity index (χ1) is 14.7.